The number of carbonyl (C=O) groups is 2. The number of carbonyl (C=O) groups excluding carboxylic acids is 2. The molecule has 0 aromatic heterocycles. The Kier molecular flexibility index (Phi) is 10.4. The van der Waals surface area contributed by atoms with Crippen LogP contribution >= 0.6 is 36.7 Å². The van der Waals surface area contributed by atoms with E-state index in [1.165, 1.54) is 31.2 Å². The third-order valence-corrected chi connectivity index (χ3v) is 7.63. The first-order valence-corrected chi connectivity index (χ1v) is 13.0. The van der Waals surface area contributed by atoms with Crippen molar-refractivity contribution in [3.63, 3.8) is 0 Å². The molecule has 2 heterocycles. The lowest BCUT2D eigenvalue weighted by atomic mass is 9.92. The van der Waals surface area contributed by atoms with Gasteiger partial charge < -0.3 is 20.6 Å². The summed E-state index contributed by atoms with van der Waals surface area (Å²) in [7, 11) is 0. The van der Waals surface area contributed by atoms with Gasteiger partial charge in [-0.05, 0) is 49.6 Å². The molecule has 0 radical (unpaired) electrons. The largest absolute Gasteiger partial charge is 0.380 e. The van der Waals surface area contributed by atoms with Crippen molar-refractivity contribution < 1.29 is 27.9 Å². The smallest absolute Gasteiger partial charge is 0.258 e. The fraction of sp³-hybridized carbons (Fsp3) is 0.462. The minimum absolute atomic E-state index is 0. The van der Waals surface area contributed by atoms with Crippen LogP contribution in [0.2, 0.25) is 10.0 Å². The number of piperidine rings is 1. The van der Waals surface area contributed by atoms with E-state index in [4.69, 9.17) is 23.2 Å². The number of aliphatic hydroxyl groups is 1. The van der Waals surface area contributed by atoms with Crippen LogP contribution < -0.4 is 10.6 Å². The van der Waals surface area contributed by atoms with Crippen LogP contribution in [0.15, 0.2) is 36.4 Å². The average Bonchev–Trinajstić information content (AvgIpc) is 2.84. The second-order valence-electron chi connectivity index (χ2n) is 9.82. The van der Waals surface area contributed by atoms with Gasteiger partial charge in [0.25, 0.3) is 18.2 Å². The SMILES string of the molecule is C[C@@](O)(C(=O)N1CCC(N2CC(Nc3cc(Cl)c(C(=O)NCC(F)F)c(Cl)c3)C2)CC1)c1cccc(F)c1.S. The monoisotopic (exact) mass is 606 g/mol. The number of alkyl halides is 2. The van der Waals surface area contributed by atoms with Gasteiger partial charge in [0, 0.05) is 37.9 Å². The molecule has 2 saturated heterocycles. The maximum absolute atomic E-state index is 13.6. The molecule has 2 aliphatic rings. The summed E-state index contributed by atoms with van der Waals surface area (Å²) in [5.74, 6) is -1.71. The van der Waals surface area contributed by atoms with E-state index >= 15 is 0 Å². The van der Waals surface area contributed by atoms with Crippen molar-refractivity contribution in [3.8, 4) is 0 Å². The Bertz CT molecular complexity index is 1170. The van der Waals surface area contributed by atoms with Crippen molar-refractivity contribution in [1.29, 1.82) is 0 Å². The quantitative estimate of drug-likeness (QED) is 0.419. The van der Waals surface area contributed by atoms with E-state index in [0.717, 1.165) is 25.9 Å². The molecule has 1 atom stereocenters. The highest BCUT2D eigenvalue weighted by Crippen LogP contribution is 2.32. The topological polar surface area (TPSA) is 84.9 Å². The molecule has 4 rings (SSSR count). The van der Waals surface area contributed by atoms with Crippen molar-refractivity contribution in [2.45, 2.75) is 43.9 Å². The standard InChI is InChI=1S/C26H29Cl2F3N4O3.H2S/c1-26(38,15-3-2-4-16(29)9-15)25(37)34-7-5-19(6-8-34)35-13-18(14-35)33-17-10-20(27)23(21(28)11-17)24(36)32-12-22(30)31;/h2-4,9-11,18-19,22,33,38H,5-8,12-14H2,1H3,(H,32,36);1H2/t26-;/m0./s1. The number of hydrogen-bond donors (Lipinski definition) is 3. The Morgan fingerprint density at radius 3 is 2.31 bits per heavy atom. The Morgan fingerprint density at radius 2 is 1.74 bits per heavy atom. The van der Waals surface area contributed by atoms with E-state index in [1.54, 1.807) is 17.0 Å². The minimum Gasteiger partial charge on any atom is -0.380 e. The van der Waals surface area contributed by atoms with Gasteiger partial charge >= 0.3 is 0 Å². The first kappa shape index (κ1) is 31.3. The molecule has 0 bridgehead atoms. The van der Waals surface area contributed by atoms with Crippen molar-refractivity contribution in [1.82, 2.24) is 15.1 Å². The van der Waals surface area contributed by atoms with Crippen LogP contribution in [0.5, 0.6) is 0 Å². The average molecular weight is 608 g/mol. The van der Waals surface area contributed by atoms with Crippen LogP contribution in [0.4, 0.5) is 18.9 Å². The van der Waals surface area contributed by atoms with Crippen LogP contribution in [0, 0.1) is 5.82 Å². The van der Waals surface area contributed by atoms with E-state index < -0.39 is 36.2 Å². The van der Waals surface area contributed by atoms with Crippen LogP contribution in [-0.2, 0) is 10.4 Å². The summed E-state index contributed by atoms with van der Waals surface area (Å²) in [4.78, 5) is 29.0. The highest BCUT2D eigenvalue weighted by Gasteiger charge is 2.40. The lowest BCUT2D eigenvalue weighted by Crippen LogP contribution is -2.61. The van der Waals surface area contributed by atoms with Crippen LogP contribution in [0.1, 0.15) is 35.7 Å². The lowest BCUT2D eigenvalue weighted by molar-refractivity contribution is -0.152. The molecular formula is C26H31Cl2F3N4O3S. The fourth-order valence-corrected chi connectivity index (χ4v) is 5.58. The summed E-state index contributed by atoms with van der Waals surface area (Å²) in [6, 6.07) is 8.94. The van der Waals surface area contributed by atoms with Gasteiger partial charge in [0.05, 0.1) is 28.2 Å². The van der Waals surface area contributed by atoms with Crippen LogP contribution in [-0.4, -0.2) is 78.0 Å². The zero-order valence-electron chi connectivity index (χ0n) is 21.2. The van der Waals surface area contributed by atoms with E-state index in [1.807, 2.05) is 0 Å². The van der Waals surface area contributed by atoms with Gasteiger partial charge in [0.1, 0.15) is 5.82 Å². The molecule has 2 aliphatic heterocycles. The predicted molar refractivity (Wildman–Crippen MR) is 150 cm³/mol. The summed E-state index contributed by atoms with van der Waals surface area (Å²) in [5.41, 5.74) is -1.01. The fourth-order valence-electron chi connectivity index (χ4n) is 4.93. The number of rotatable bonds is 8. The second-order valence-corrected chi connectivity index (χ2v) is 10.6. The predicted octanol–water partition coefficient (Wildman–Crippen LogP) is 4.24. The van der Waals surface area contributed by atoms with Gasteiger partial charge in [0.15, 0.2) is 5.60 Å². The molecule has 214 valence electrons. The van der Waals surface area contributed by atoms with Crippen molar-refractivity contribution in [2.75, 3.05) is 38.0 Å². The summed E-state index contributed by atoms with van der Waals surface area (Å²) in [6.45, 7) is 3.09. The molecule has 2 fully saturated rings. The van der Waals surface area contributed by atoms with E-state index in [9.17, 15) is 27.9 Å². The number of anilines is 1. The summed E-state index contributed by atoms with van der Waals surface area (Å²) >= 11 is 12.4. The molecule has 0 saturated carbocycles. The summed E-state index contributed by atoms with van der Waals surface area (Å²) < 4.78 is 38.4. The molecule has 0 aliphatic carbocycles. The Balaban J connectivity index is 0.00000420. The lowest BCUT2D eigenvalue weighted by Gasteiger charge is -2.48. The highest BCUT2D eigenvalue weighted by atomic mass is 35.5. The Hall–Kier alpha value is -2.18. The number of nitrogens with one attached hydrogen (secondary N) is 2. The number of nitrogens with zero attached hydrogens (tertiary/aromatic N) is 2. The maximum Gasteiger partial charge on any atom is 0.258 e. The third kappa shape index (κ3) is 7.32. The van der Waals surface area contributed by atoms with Gasteiger partial charge in [-0.15, -0.1) is 0 Å². The summed E-state index contributed by atoms with van der Waals surface area (Å²) in [6.07, 6.45) is -1.18. The highest BCUT2D eigenvalue weighted by molar-refractivity contribution is 7.59. The molecule has 0 spiro atoms. The molecule has 2 aromatic carbocycles. The van der Waals surface area contributed by atoms with E-state index in [-0.39, 0.29) is 46.8 Å². The van der Waals surface area contributed by atoms with Gasteiger partial charge in [-0.2, -0.15) is 13.5 Å². The molecule has 2 aromatic rings. The van der Waals surface area contributed by atoms with Gasteiger partial charge in [-0.1, -0.05) is 35.3 Å². The van der Waals surface area contributed by atoms with Gasteiger partial charge in [-0.3, -0.25) is 14.5 Å². The van der Waals surface area contributed by atoms with Crippen molar-refractivity contribution in [2.24, 2.45) is 0 Å². The molecular weight excluding hydrogens is 576 g/mol. The normalized spacial score (nSPS) is 18.2. The molecule has 2 amide bonds. The second kappa shape index (κ2) is 13.0. The van der Waals surface area contributed by atoms with Gasteiger partial charge in [0.2, 0.25) is 0 Å². The first-order valence-electron chi connectivity index (χ1n) is 12.3. The molecule has 13 heteroatoms. The minimum atomic E-state index is -2.68. The number of benzene rings is 2. The third-order valence-electron chi connectivity index (χ3n) is 7.04. The number of amides is 2. The van der Waals surface area contributed by atoms with E-state index in [2.05, 4.69) is 15.5 Å². The Labute approximate surface area is 242 Å². The van der Waals surface area contributed by atoms with E-state index in [0.29, 0.717) is 18.8 Å². The molecule has 3 N–H and O–H groups in total. The molecule has 0 unspecified atom stereocenters. The first-order chi connectivity index (χ1) is 18.0. The summed E-state index contributed by atoms with van der Waals surface area (Å²) in [5, 5.41) is 16.4. The molecule has 39 heavy (non-hydrogen) atoms. The number of likely N-dealkylation sites (tertiary alicyclic amines) is 2. The van der Waals surface area contributed by atoms with Crippen LogP contribution in [0.25, 0.3) is 0 Å². The van der Waals surface area contributed by atoms with Crippen molar-refractivity contribution in [3.05, 3.63) is 63.4 Å². The maximum atomic E-state index is 13.6. The molecule has 7 nitrogen and oxygen atoms in total. The van der Waals surface area contributed by atoms with Crippen molar-refractivity contribution >= 4 is 54.2 Å². The zero-order chi connectivity index (χ0) is 27.6. The Morgan fingerprint density at radius 1 is 1.13 bits per heavy atom. The van der Waals surface area contributed by atoms with Crippen LogP contribution in [0.3, 0.4) is 0 Å². The number of halogens is 5. The van der Waals surface area contributed by atoms with Gasteiger partial charge in [-0.25, -0.2) is 13.2 Å². The zero-order valence-corrected chi connectivity index (χ0v) is 23.7. The number of hydrogen-bond acceptors (Lipinski definition) is 5.